The first-order valence-corrected chi connectivity index (χ1v) is 9.36. The van der Waals surface area contributed by atoms with Crippen LogP contribution in [-0.4, -0.2) is 20.4 Å². The minimum Gasteiger partial charge on any atom is -0.350 e. The van der Waals surface area contributed by atoms with Crippen LogP contribution in [0.4, 0.5) is 0 Å². The van der Waals surface area contributed by atoms with Gasteiger partial charge in [0.25, 0.3) is 15.0 Å². The van der Waals surface area contributed by atoms with Crippen LogP contribution in [0.15, 0.2) is 29.2 Å². The van der Waals surface area contributed by atoms with Crippen LogP contribution in [0, 0.1) is 5.92 Å². The lowest BCUT2D eigenvalue weighted by molar-refractivity contribution is 0.0937. The van der Waals surface area contributed by atoms with E-state index in [0.717, 1.165) is 19.3 Å². The van der Waals surface area contributed by atoms with Gasteiger partial charge in [-0.1, -0.05) is 26.7 Å². The maximum Gasteiger partial charge on any atom is 0.261 e. The molecule has 0 radical (unpaired) electrons. The van der Waals surface area contributed by atoms with Crippen molar-refractivity contribution in [2.75, 3.05) is 0 Å². The molecule has 0 aliphatic heterocycles. The number of carbonyl (C=O) groups excluding carboxylic acids is 1. The summed E-state index contributed by atoms with van der Waals surface area (Å²) in [5.74, 6) is 0.462. The number of amides is 1. The van der Waals surface area contributed by atoms with Gasteiger partial charge in [0.1, 0.15) is 0 Å². The second kappa shape index (κ2) is 7.80. The first kappa shape index (κ1) is 18.0. The molecule has 21 heavy (non-hydrogen) atoms. The summed E-state index contributed by atoms with van der Waals surface area (Å²) in [7, 11) is 1.48. The summed E-state index contributed by atoms with van der Waals surface area (Å²) in [4.78, 5) is 12.0. The molecule has 0 aromatic heterocycles. The summed E-state index contributed by atoms with van der Waals surface area (Å²) >= 11 is 0. The SMILES string of the molecule is CC(C)CCCC(C)NC(=O)c1ccc(S(=O)(=O)Cl)cc1. The summed E-state index contributed by atoms with van der Waals surface area (Å²) in [5, 5.41) is 2.91. The third-order valence-electron chi connectivity index (χ3n) is 3.19. The Morgan fingerprint density at radius 2 is 1.71 bits per heavy atom. The Morgan fingerprint density at radius 3 is 2.19 bits per heavy atom. The van der Waals surface area contributed by atoms with Gasteiger partial charge in [-0.2, -0.15) is 0 Å². The molecule has 1 aromatic carbocycles. The Balaban J connectivity index is 2.56. The second-order valence-corrected chi connectivity index (χ2v) is 8.23. The molecule has 0 heterocycles. The predicted molar refractivity (Wildman–Crippen MR) is 85.1 cm³/mol. The van der Waals surface area contributed by atoms with Crippen LogP contribution in [0.5, 0.6) is 0 Å². The maximum atomic E-state index is 12.0. The summed E-state index contributed by atoms with van der Waals surface area (Å²) < 4.78 is 22.3. The van der Waals surface area contributed by atoms with Gasteiger partial charge in [-0.05, 0) is 43.5 Å². The van der Waals surface area contributed by atoms with Crippen LogP contribution in [0.3, 0.4) is 0 Å². The molecule has 0 bridgehead atoms. The lowest BCUT2D eigenvalue weighted by atomic mass is 10.0. The standard InChI is InChI=1S/C15H22ClNO3S/c1-11(2)5-4-6-12(3)17-15(18)13-7-9-14(10-8-13)21(16,19)20/h7-12H,4-6H2,1-3H3,(H,17,18). The highest BCUT2D eigenvalue weighted by atomic mass is 35.7. The highest BCUT2D eigenvalue weighted by Gasteiger charge is 2.13. The van der Waals surface area contributed by atoms with E-state index in [4.69, 9.17) is 10.7 Å². The Kier molecular flexibility index (Phi) is 6.68. The highest BCUT2D eigenvalue weighted by Crippen LogP contribution is 2.15. The van der Waals surface area contributed by atoms with Crippen LogP contribution in [-0.2, 0) is 9.05 Å². The third-order valence-corrected chi connectivity index (χ3v) is 4.56. The van der Waals surface area contributed by atoms with E-state index in [1.807, 2.05) is 6.92 Å². The molecule has 0 saturated heterocycles. The molecule has 1 amide bonds. The van der Waals surface area contributed by atoms with Gasteiger partial charge < -0.3 is 5.32 Å². The third kappa shape index (κ3) is 6.48. The van der Waals surface area contributed by atoms with Crippen molar-refractivity contribution < 1.29 is 13.2 Å². The van der Waals surface area contributed by atoms with E-state index in [1.165, 1.54) is 24.3 Å². The first-order valence-electron chi connectivity index (χ1n) is 7.05. The largest absolute Gasteiger partial charge is 0.350 e. The van der Waals surface area contributed by atoms with E-state index in [0.29, 0.717) is 11.5 Å². The van der Waals surface area contributed by atoms with Gasteiger partial charge in [0.15, 0.2) is 0 Å². The van der Waals surface area contributed by atoms with Crippen molar-refractivity contribution in [2.45, 2.75) is 51.0 Å². The number of hydrogen-bond acceptors (Lipinski definition) is 3. The zero-order valence-electron chi connectivity index (χ0n) is 12.6. The normalized spacial score (nSPS) is 13.2. The van der Waals surface area contributed by atoms with Gasteiger partial charge in [-0.3, -0.25) is 4.79 Å². The van der Waals surface area contributed by atoms with Crippen molar-refractivity contribution >= 4 is 25.6 Å². The molecule has 118 valence electrons. The molecule has 0 fully saturated rings. The lowest BCUT2D eigenvalue weighted by Gasteiger charge is -2.14. The van der Waals surface area contributed by atoms with Gasteiger partial charge in [0.2, 0.25) is 0 Å². The molecule has 4 nitrogen and oxygen atoms in total. The summed E-state index contributed by atoms with van der Waals surface area (Å²) in [6, 6.07) is 5.69. The van der Waals surface area contributed by atoms with Crippen LogP contribution in [0.1, 0.15) is 50.4 Å². The minimum absolute atomic E-state index is 0.00861. The van der Waals surface area contributed by atoms with Gasteiger partial charge in [-0.15, -0.1) is 0 Å². The van der Waals surface area contributed by atoms with Crippen molar-refractivity contribution in [3.05, 3.63) is 29.8 Å². The highest BCUT2D eigenvalue weighted by molar-refractivity contribution is 8.13. The molecule has 0 saturated carbocycles. The lowest BCUT2D eigenvalue weighted by Crippen LogP contribution is -2.32. The fourth-order valence-corrected chi connectivity index (χ4v) is 2.75. The molecule has 6 heteroatoms. The average molecular weight is 332 g/mol. The molecule has 1 unspecified atom stereocenters. The zero-order chi connectivity index (χ0) is 16.0. The van der Waals surface area contributed by atoms with E-state index in [1.54, 1.807) is 0 Å². The minimum atomic E-state index is -3.75. The van der Waals surface area contributed by atoms with E-state index < -0.39 is 9.05 Å². The number of benzene rings is 1. The van der Waals surface area contributed by atoms with E-state index >= 15 is 0 Å². The van der Waals surface area contributed by atoms with Crippen LogP contribution < -0.4 is 5.32 Å². The van der Waals surface area contributed by atoms with Crippen molar-refractivity contribution in [3.63, 3.8) is 0 Å². The van der Waals surface area contributed by atoms with E-state index in [9.17, 15) is 13.2 Å². The maximum absolute atomic E-state index is 12.0. The quantitative estimate of drug-likeness (QED) is 0.777. The van der Waals surface area contributed by atoms with Crippen molar-refractivity contribution in [1.29, 1.82) is 0 Å². The van der Waals surface area contributed by atoms with Gasteiger partial charge in [0.05, 0.1) is 4.90 Å². The van der Waals surface area contributed by atoms with Crippen molar-refractivity contribution in [2.24, 2.45) is 5.92 Å². The average Bonchev–Trinajstić information content (AvgIpc) is 2.37. The molecule has 1 aromatic rings. The van der Waals surface area contributed by atoms with Crippen LogP contribution in [0.2, 0.25) is 0 Å². The van der Waals surface area contributed by atoms with Gasteiger partial charge in [-0.25, -0.2) is 8.42 Å². The van der Waals surface area contributed by atoms with Gasteiger partial charge >= 0.3 is 0 Å². The van der Waals surface area contributed by atoms with Gasteiger partial charge in [0, 0.05) is 22.3 Å². The van der Waals surface area contributed by atoms with E-state index in [2.05, 4.69) is 19.2 Å². The predicted octanol–water partition coefficient (Wildman–Crippen LogP) is 3.56. The number of halogens is 1. The topological polar surface area (TPSA) is 63.2 Å². The number of carbonyl (C=O) groups is 1. The Hall–Kier alpha value is -1.07. The molecule has 1 N–H and O–H groups in total. The zero-order valence-corrected chi connectivity index (χ0v) is 14.2. The van der Waals surface area contributed by atoms with Crippen LogP contribution >= 0.6 is 10.7 Å². The molecule has 0 aliphatic rings. The van der Waals surface area contributed by atoms with Crippen molar-refractivity contribution in [3.8, 4) is 0 Å². The summed E-state index contributed by atoms with van der Waals surface area (Å²) in [6.07, 6.45) is 3.14. The Labute approximate surface area is 131 Å². The van der Waals surface area contributed by atoms with Crippen LogP contribution in [0.25, 0.3) is 0 Å². The summed E-state index contributed by atoms with van der Waals surface area (Å²) in [5.41, 5.74) is 0.426. The summed E-state index contributed by atoms with van der Waals surface area (Å²) in [6.45, 7) is 6.32. The number of rotatable bonds is 7. The molecular weight excluding hydrogens is 310 g/mol. The Bertz CT molecular complexity index is 567. The number of nitrogens with one attached hydrogen (secondary N) is 1. The van der Waals surface area contributed by atoms with E-state index in [-0.39, 0.29) is 16.8 Å². The Morgan fingerprint density at radius 1 is 1.14 bits per heavy atom. The molecule has 1 rings (SSSR count). The monoisotopic (exact) mass is 331 g/mol. The van der Waals surface area contributed by atoms with Crippen molar-refractivity contribution in [1.82, 2.24) is 5.32 Å². The second-order valence-electron chi connectivity index (χ2n) is 5.66. The fraction of sp³-hybridized carbons (Fsp3) is 0.533. The fourth-order valence-electron chi connectivity index (χ4n) is 1.98. The molecule has 0 spiro atoms. The molecule has 0 aliphatic carbocycles. The number of hydrogen-bond donors (Lipinski definition) is 1. The molecule has 1 atom stereocenters. The smallest absolute Gasteiger partial charge is 0.261 e. The first-order chi connectivity index (χ1) is 9.70. The molecular formula is C15H22ClNO3S.